The highest BCUT2D eigenvalue weighted by molar-refractivity contribution is 5.22. The first-order chi connectivity index (χ1) is 7.77. The Bertz CT molecular complexity index is 456. The molecule has 0 saturated heterocycles. The SMILES string of the molecule is Cc1cccnc1C(O)Cc1cccnc1. The molecule has 0 saturated carbocycles. The molecule has 0 spiro atoms. The van der Waals surface area contributed by atoms with E-state index in [2.05, 4.69) is 9.97 Å². The Kier molecular flexibility index (Phi) is 3.27. The summed E-state index contributed by atoms with van der Waals surface area (Å²) in [6.07, 6.45) is 5.18. The second kappa shape index (κ2) is 4.86. The monoisotopic (exact) mass is 214 g/mol. The molecule has 2 heterocycles. The first-order valence-corrected chi connectivity index (χ1v) is 5.26. The summed E-state index contributed by atoms with van der Waals surface area (Å²) in [5.41, 5.74) is 2.77. The van der Waals surface area contributed by atoms with Gasteiger partial charge in [-0.05, 0) is 30.2 Å². The van der Waals surface area contributed by atoms with Gasteiger partial charge in [0.1, 0.15) is 6.10 Å². The van der Waals surface area contributed by atoms with Crippen LogP contribution in [0.3, 0.4) is 0 Å². The molecule has 2 aromatic rings. The van der Waals surface area contributed by atoms with Gasteiger partial charge in [0, 0.05) is 25.0 Å². The smallest absolute Gasteiger partial charge is 0.100 e. The number of hydrogen-bond acceptors (Lipinski definition) is 3. The van der Waals surface area contributed by atoms with Crippen molar-refractivity contribution in [1.82, 2.24) is 9.97 Å². The van der Waals surface area contributed by atoms with E-state index in [1.807, 2.05) is 31.2 Å². The van der Waals surface area contributed by atoms with E-state index in [1.165, 1.54) is 0 Å². The normalized spacial score (nSPS) is 12.4. The van der Waals surface area contributed by atoms with Gasteiger partial charge < -0.3 is 5.11 Å². The number of aliphatic hydroxyl groups is 1. The third kappa shape index (κ3) is 2.44. The second-order valence-corrected chi connectivity index (χ2v) is 3.79. The van der Waals surface area contributed by atoms with Crippen LogP contribution in [0.1, 0.15) is 22.9 Å². The summed E-state index contributed by atoms with van der Waals surface area (Å²) < 4.78 is 0. The molecule has 16 heavy (non-hydrogen) atoms. The van der Waals surface area contributed by atoms with Gasteiger partial charge >= 0.3 is 0 Å². The molecule has 0 radical (unpaired) electrons. The molecule has 3 heteroatoms. The minimum atomic E-state index is -0.564. The number of rotatable bonds is 3. The fourth-order valence-electron chi connectivity index (χ4n) is 1.69. The maximum absolute atomic E-state index is 10.1. The maximum Gasteiger partial charge on any atom is 0.100 e. The van der Waals surface area contributed by atoms with Gasteiger partial charge in [-0.3, -0.25) is 9.97 Å². The second-order valence-electron chi connectivity index (χ2n) is 3.79. The van der Waals surface area contributed by atoms with Crippen LogP contribution < -0.4 is 0 Å². The molecular weight excluding hydrogens is 200 g/mol. The Morgan fingerprint density at radius 2 is 2.06 bits per heavy atom. The minimum absolute atomic E-state index is 0.547. The van der Waals surface area contributed by atoms with Crippen molar-refractivity contribution in [3.8, 4) is 0 Å². The number of nitrogens with zero attached hydrogens (tertiary/aromatic N) is 2. The van der Waals surface area contributed by atoms with E-state index in [0.29, 0.717) is 6.42 Å². The zero-order chi connectivity index (χ0) is 11.4. The van der Waals surface area contributed by atoms with Crippen molar-refractivity contribution in [2.45, 2.75) is 19.4 Å². The van der Waals surface area contributed by atoms with Crippen molar-refractivity contribution in [3.05, 3.63) is 59.7 Å². The lowest BCUT2D eigenvalue weighted by Crippen LogP contribution is -2.06. The van der Waals surface area contributed by atoms with Crippen LogP contribution >= 0.6 is 0 Å². The van der Waals surface area contributed by atoms with Crippen LogP contribution in [-0.4, -0.2) is 15.1 Å². The van der Waals surface area contributed by atoms with E-state index >= 15 is 0 Å². The molecule has 1 unspecified atom stereocenters. The van der Waals surface area contributed by atoms with Crippen molar-refractivity contribution in [3.63, 3.8) is 0 Å². The molecule has 0 fully saturated rings. The molecule has 0 aliphatic carbocycles. The summed E-state index contributed by atoms with van der Waals surface area (Å²) in [7, 11) is 0. The van der Waals surface area contributed by atoms with Crippen molar-refractivity contribution < 1.29 is 5.11 Å². The molecule has 0 aliphatic heterocycles. The van der Waals surface area contributed by atoms with E-state index in [4.69, 9.17) is 0 Å². The van der Waals surface area contributed by atoms with Crippen LogP contribution in [-0.2, 0) is 6.42 Å². The average Bonchev–Trinajstić information content (AvgIpc) is 2.31. The Hall–Kier alpha value is -1.74. The molecule has 1 atom stereocenters. The lowest BCUT2D eigenvalue weighted by molar-refractivity contribution is 0.172. The van der Waals surface area contributed by atoms with Crippen LogP contribution in [0.5, 0.6) is 0 Å². The fraction of sp³-hybridized carbons (Fsp3) is 0.231. The van der Waals surface area contributed by atoms with E-state index in [1.54, 1.807) is 18.6 Å². The lowest BCUT2D eigenvalue weighted by Gasteiger charge is -2.11. The van der Waals surface area contributed by atoms with Gasteiger partial charge in [-0.25, -0.2) is 0 Å². The van der Waals surface area contributed by atoms with Gasteiger partial charge in [0.2, 0.25) is 0 Å². The van der Waals surface area contributed by atoms with Crippen LogP contribution in [0.4, 0.5) is 0 Å². The summed E-state index contributed by atoms with van der Waals surface area (Å²) >= 11 is 0. The molecule has 0 aliphatic rings. The van der Waals surface area contributed by atoms with Crippen molar-refractivity contribution in [2.75, 3.05) is 0 Å². The Balaban J connectivity index is 2.15. The number of pyridine rings is 2. The quantitative estimate of drug-likeness (QED) is 0.850. The standard InChI is InChI=1S/C13H14N2O/c1-10-4-2-7-15-13(10)12(16)8-11-5-3-6-14-9-11/h2-7,9,12,16H,8H2,1H3. The first-order valence-electron chi connectivity index (χ1n) is 5.26. The number of aromatic nitrogens is 2. The van der Waals surface area contributed by atoms with E-state index in [-0.39, 0.29) is 0 Å². The lowest BCUT2D eigenvalue weighted by atomic mass is 10.0. The Labute approximate surface area is 94.8 Å². The molecule has 2 aromatic heterocycles. The summed E-state index contributed by atoms with van der Waals surface area (Å²) in [4.78, 5) is 8.23. The number of hydrogen-bond donors (Lipinski definition) is 1. The highest BCUT2D eigenvalue weighted by Gasteiger charge is 2.11. The van der Waals surface area contributed by atoms with E-state index < -0.39 is 6.10 Å². The number of aryl methyl sites for hydroxylation is 1. The summed E-state index contributed by atoms with van der Waals surface area (Å²) in [6.45, 7) is 1.95. The molecule has 0 aromatic carbocycles. The highest BCUT2D eigenvalue weighted by Crippen LogP contribution is 2.18. The van der Waals surface area contributed by atoms with E-state index in [0.717, 1.165) is 16.8 Å². The topological polar surface area (TPSA) is 46.0 Å². The fourth-order valence-corrected chi connectivity index (χ4v) is 1.69. The summed E-state index contributed by atoms with van der Waals surface area (Å²) in [6, 6.07) is 7.65. The third-order valence-electron chi connectivity index (χ3n) is 2.52. The largest absolute Gasteiger partial charge is 0.386 e. The van der Waals surface area contributed by atoms with Gasteiger partial charge in [-0.15, -0.1) is 0 Å². The third-order valence-corrected chi connectivity index (χ3v) is 2.52. The summed E-state index contributed by atoms with van der Waals surface area (Å²) in [5, 5.41) is 10.1. The molecule has 82 valence electrons. The van der Waals surface area contributed by atoms with Gasteiger partial charge in [0.15, 0.2) is 0 Å². The van der Waals surface area contributed by atoms with Gasteiger partial charge in [0.05, 0.1) is 5.69 Å². The van der Waals surface area contributed by atoms with Crippen molar-refractivity contribution in [2.24, 2.45) is 0 Å². The predicted molar refractivity (Wildman–Crippen MR) is 61.9 cm³/mol. The molecule has 0 bridgehead atoms. The Morgan fingerprint density at radius 1 is 1.25 bits per heavy atom. The van der Waals surface area contributed by atoms with Gasteiger partial charge in [-0.1, -0.05) is 12.1 Å². The molecule has 0 amide bonds. The van der Waals surface area contributed by atoms with Gasteiger partial charge in [0.25, 0.3) is 0 Å². The first kappa shape index (κ1) is 10.8. The van der Waals surface area contributed by atoms with E-state index in [9.17, 15) is 5.11 Å². The number of aliphatic hydroxyl groups excluding tert-OH is 1. The van der Waals surface area contributed by atoms with Crippen LogP contribution in [0, 0.1) is 6.92 Å². The Morgan fingerprint density at radius 3 is 2.75 bits per heavy atom. The van der Waals surface area contributed by atoms with Crippen LogP contribution in [0.25, 0.3) is 0 Å². The minimum Gasteiger partial charge on any atom is -0.386 e. The van der Waals surface area contributed by atoms with Crippen LogP contribution in [0.15, 0.2) is 42.9 Å². The molecule has 3 nitrogen and oxygen atoms in total. The van der Waals surface area contributed by atoms with Crippen molar-refractivity contribution >= 4 is 0 Å². The zero-order valence-electron chi connectivity index (χ0n) is 9.17. The molecule has 2 rings (SSSR count). The highest BCUT2D eigenvalue weighted by atomic mass is 16.3. The van der Waals surface area contributed by atoms with Crippen LogP contribution in [0.2, 0.25) is 0 Å². The average molecular weight is 214 g/mol. The predicted octanol–water partition coefficient (Wildman–Crippen LogP) is 2.06. The summed E-state index contributed by atoms with van der Waals surface area (Å²) in [5.74, 6) is 0. The van der Waals surface area contributed by atoms with Gasteiger partial charge in [-0.2, -0.15) is 0 Å². The maximum atomic E-state index is 10.1. The van der Waals surface area contributed by atoms with Crippen molar-refractivity contribution in [1.29, 1.82) is 0 Å². The molecular formula is C13H14N2O. The molecule has 1 N–H and O–H groups in total. The zero-order valence-corrected chi connectivity index (χ0v) is 9.17.